The summed E-state index contributed by atoms with van der Waals surface area (Å²) in [5, 5.41) is 0.690. The highest BCUT2D eigenvalue weighted by atomic mass is 35.5. The predicted molar refractivity (Wildman–Crippen MR) is 127 cm³/mol. The Labute approximate surface area is 197 Å². The molecule has 1 aliphatic carbocycles. The monoisotopic (exact) mass is 458 g/mol. The standard InChI is InChI=1S/C27H23ClN2O3/c28-20-10-8-18(9-11-20)23-17-27(23)22-6-1-2-7-24(22)30(26(27)32)21-5-3-4-19(16-21)25(31)29-12-14-33-15-13-29/h1-11,16,23H,12-15,17H2/t23?,27-/m0/s1. The second-order valence-corrected chi connectivity index (χ2v) is 9.33. The minimum atomic E-state index is -0.561. The van der Waals surface area contributed by atoms with Crippen LogP contribution in [0.3, 0.4) is 0 Å². The molecule has 1 saturated heterocycles. The van der Waals surface area contributed by atoms with Crippen LogP contribution in [-0.2, 0) is 14.9 Å². The highest BCUT2D eigenvalue weighted by Gasteiger charge is 2.67. The first-order chi connectivity index (χ1) is 16.1. The molecule has 33 heavy (non-hydrogen) atoms. The van der Waals surface area contributed by atoms with E-state index in [0.717, 1.165) is 28.9 Å². The van der Waals surface area contributed by atoms with Gasteiger partial charge < -0.3 is 9.64 Å². The number of ether oxygens (including phenoxy) is 1. The number of anilines is 2. The molecule has 1 spiro atoms. The molecule has 0 N–H and O–H groups in total. The zero-order valence-electron chi connectivity index (χ0n) is 18.0. The van der Waals surface area contributed by atoms with Gasteiger partial charge in [0.1, 0.15) is 0 Å². The van der Waals surface area contributed by atoms with Crippen LogP contribution in [0.4, 0.5) is 11.4 Å². The Balaban J connectivity index is 1.37. The van der Waals surface area contributed by atoms with Gasteiger partial charge in [-0.1, -0.05) is 48.0 Å². The van der Waals surface area contributed by atoms with Gasteiger partial charge in [0.25, 0.3) is 5.91 Å². The van der Waals surface area contributed by atoms with E-state index in [1.54, 1.807) is 9.80 Å². The maximum absolute atomic E-state index is 14.0. The number of morpholine rings is 1. The number of halogens is 1. The van der Waals surface area contributed by atoms with Gasteiger partial charge in [0.15, 0.2) is 0 Å². The van der Waals surface area contributed by atoms with Crippen LogP contribution in [0.5, 0.6) is 0 Å². The van der Waals surface area contributed by atoms with E-state index in [4.69, 9.17) is 16.3 Å². The van der Waals surface area contributed by atoms with E-state index in [9.17, 15) is 9.59 Å². The topological polar surface area (TPSA) is 49.9 Å². The molecule has 1 unspecified atom stereocenters. The fourth-order valence-corrected chi connectivity index (χ4v) is 5.47. The Kier molecular flexibility index (Phi) is 4.78. The number of carbonyl (C=O) groups is 2. The minimum Gasteiger partial charge on any atom is -0.378 e. The van der Waals surface area contributed by atoms with Crippen molar-refractivity contribution in [1.82, 2.24) is 4.90 Å². The van der Waals surface area contributed by atoms with Crippen molar-refractivity contribution in [2.75, 3.05) is 31.2 Å². The van der Waals surface area contributed by atoms with Gasteiger partial charge in [0.05, 0.1) is 24.3 Å². The van der Waals surface area contributed by atoms with E-state index in [1.165, 1.54) is 0 Å². The minimum absolute atomic E-state index is 0.0275. The smallest absolute Gasteiger partial charge is 0.254 e. The van der Waals surface area contributed by atoms with E-state index in [2.05, 4.69) is 6.07 Å². The first-order valence-electron chi connectivity index (χ1n) is 11.3. The van der Waals surface area contributed by atoms with Gasteiger partial charge in [0.2, 0.25) is 5.91 Å². The molecule has 1 saturated carbocycles. The Morgan fingerprint density at radius 3 is 2.52 bits per heavy atom. The summed E-state index contributed by atoms with van der Waals surface area (Å²) in [5.74, 6) is 0.159. The second-order valence-electron chi connectivity index (χ2n) is 8.89. The Hall–Kier alpha value is -3.15. The molecule has 0 bridgehead atoms. The fourth-order valence-electron chi connectivity index (χ4n) is 5.35. The van der Waals surface area contributed by atoms with E-state index in [1.807, 2.05) is 66.7 Å². The lowest BCUT2D eigenvalue weighted by atomic mass is 9.92. The SMILES string of the molecule is O=C(c1cccc(N2C(=O)[C@@]3(CC3c3ccc(Cl)cc3)c3ccccc32)c1)N1CCOCC1. The average molecular weight is 459 g/mol. The lowest BCUT2D eigenvalue weighted by Crippen LogP contribution is -2.40. The van der Waals surface area contributed by atoms with E-state index in [-0.39, 0.29) is 17.7 Å². The zero-order valence-corrected chi connectivity index (χ0v) is 18.8. The molecule has 3 aliphatic rings. The van der Waals surface area contributed by atoms with Crippen LogP contribution in [0.15, 0.2) is 72.8 Å². The lowest BCUT2D eigenvalue weighted by molar-refractivity contribution is -0.119. The normalized spacial score (nSPS) is 23.7. The summed E-state index contributed by atoms with van der Waals surface area (Å²) in [6, 6.07) is 23.2. The van der Waals surface area contributed by atoms with Crippen LogP contribution >= 0.6 is 11.6 Å². The van der Waals surface area contributed by atoms with Crippen LogP contribution in [0.25, 0.3) is 0 Å². The van der Waals surface area contributed by atoms with Crippen LogP contribution < -0.4 is 4.90 Å². The number of hydrogen-bond donors (Lipinski definition) is 0. The molecule has 6 rings (SSSR count). The number of benzene rings is 3. The first-order valence-corrected chi connectivity index (χ1v) is 11.6. The van der Waals surface area contributed by atoms with Crippen molar-refractivity contribution in [2.24, 2.45) is 0 Å². The summed E-state index contributed by atoms with van der Waals surface area (Å²) in [4.78, 5) is 30.6. The van der Waals surface area contributed by atoms with Gasteiger partial charge in [0, 0.05) is 35.3 Å². The molecule has 3 aromatic rings. The molecule has 2 heterocycles. The Morgan fingerprint density at radius 2 is 1.73 bits per heavy atom. The van der Waals surface area contributed by atoms with Crippen molar-refractivity contribution in [3.63, 3.8) is 0 Å². The summed E-state index contributed by atoms with van der Waals surface area (Å²) < 4.78 is 5.37. The molecule has 3 aromatic carbocycles. The van der Waals surface area contributed by atoms with E-state index >= 15 is 0 Å². The Morgan fingerprint density at radius 1 is 0.970 bits per heavy atom. The van der Waals surface area contributed by atoms with Crippen molar-refractivity contribution < 1.29 is 14.3 Å². The van der Waals surface area contributed by atoms with E-state index < -0.39 is 5.41 Å². The van der Waals surface area contributed by atoms with Crippen molar-refractivity contribution in [3.05, 3.63) is 94.5 Å². The highest BCUT2D eigenvalue weighted by Crippen LogP contribution is 2.67. The third kappa shape index (κ3) is 3.18. The number of carbonyl (C=O) groups excluding carboxylic acids is 2. The molecule has 2 fully saturated rings. The molecule has 166 valence electrons. The predicted octanol–water partition coefficient (Wildman–Crippen LogP) is 4.92. The van der Waals surface area contributed by atoms with Gasteiger partial charge in [-0.2, -0.15) is 0 Å². The summed E-state index contributed by atoms with van der Waals surface area (Å²) in [7, 11) is 0. The number of amides is 2. The number of para-hydroxylation sites is 1. The van der Waals surface area contributed by atoms with Gasteiger partial charge in [-0.25, -0.2) is 0 Å². The fraction of sp³-hybridized carbons (Fsp3) is 0.259. The number of fused-ring (bicyclic) bond motifs is 2. The molecule has 6 heteroatoms. The third-order valence-corrected chi connectivity index (χ3v) is 7.35. The quantitative estimate of drug-likeness (QED) is 0.560. The maximum atomic E-state index is 14.0. The molecular weight excluding hydrogens is 436 g/mol. The van der Waals surface area contributed by atoms with Gasteiger partial charge >= 0.3 is 0 Å². The summed E-state index contributed by atoms with van der Waals surface area (Å²) in [5.41, 5.74) is 3.83. The maximum Gasteiger partial charge on any atom is 0.254 e. The molecule has 2 aliphatic heterocycles. The third-order valence-electron chi connectivity index (χ3n) is 7.09. The van der Waals surface area contributed by atoms with Gasteiger partial charge in [-0.05, 0) is 53.9 Å². The van der Waals surface area contributed by atoms with Crippen molar-refractivity contribution in [2.45, 2.75) is 17.8 Å². The average Bonchev–Trinajstić information content (AvgIpc) is 3.56. The van der Waals surface area contributed by atoms with Gasteiger partial charge in [-0.3, -0.25) is 14.5 Å². The number of rotatable bonds is 3. The molecule has 2 amide bonds. The van der Waals surface area contributed by atoms with Crippen LogP contribution in [0, 0.1) is 0 Å². The number of hydrogen-bond acceptors (Lipinski definition) is 3. The van der Waals surface area contributed by atoms with Crippen molar-refractivity contribution >= 4 is 34.8 Å². The van der Waals surface area contributed by atoms with E-state index in [0.29, 0.717) is 36.9 Å². The lowest BCUT2D eigenvalue weighted by Gasteiger charge is -2.27. The Bertz CT molecular complexity index is 1250. The zero-order chi connectivity index (χ0) is 22.6. The largest absolute Gasteiger partial charge is 0.378 e. The summed E-state index contributed by atoms with van der Waals surface area (Å²) in [6.07, 6.45) is 0.771. The second kappa shape index (κ2) is 7.72. The molecule has 2 atom stereocenters. The van der Waals surface area contributed by atoms with Crippen LogP contribution in [0.2, 0.25) is 5.02 Å². The van der Waals surface area contributed by atoms with Gasteiger partial charge in [-0.15, -0.1) is 0 Å². The van der Waals surface area contributed by atoms with Crippen LogP contribution in [-0.4, -0.2) is 43.0 Å². The highest BCUT2D eigenvalue weighted by molar-refractivity contribution is 6.30. The summed E-state index contributed by atoms with van der Waals surface area (Å²) in [6.45, 7) is 2.27. The van der Waals surface area contributed by atoms with Crippen molar-refractivity contribution in [1.29, 1.82) is 0 Å². The molecule has 0 aromatic heterocycles. The molecule has 5 nitrogen and oxygen atoms in total. The first kappa shape index (κ1) is 20.5. The number of nitrogens with zero attached hydrogens (tertiary/aromatic N) is 2. The summed E-state index contributed by atoms with van der Waals surface area (Å²) >= 11 is 6.08. The van der Waals surface area contributed by atoms with Crippen molar-refractivity contribution in [3.8, 4) is 0 Å². The molecular formula is C27H23ClN2O3. The van der Waals surface area contributed by atoms with Crippen LogP contribution in [0.1, 0.15) is 33.8 Å². The molecule has 0 radical (unpaired) electrons.